The normalized spacial score (nSPS) is 13.1. The Labute approximate surface area is 130 Å². The zero-order chi connectivity index (χ0) is 14.6. The van der Waals surface area contributed by atoms with E-state index in [1.165, 1.54) is 0 Å². The highest BCUT2D eigenvalue weighted by Gasteiger charge is 2.29. The van der Waals surface area contributed by atoms with Gasteiger partial charge in [-0.3, -0.25) is 9.48 Å². The molecule has 21 heavy (non-hydrogen) atoms. The Hall–Kier alpha value is -1.92. The summed E-state index contributed by atoms with van der Waals surface area (Å²) in [6.45, 7) is 2.17. The maximum Gasteiger partial charge on any atom is 0.244 e. The first-order valence-corrected chi connectivity index (χ1v) is 6.47. The molecular weight excluding hydrogens is 290 g/mol. The fraction of sp³-hybridized carbons (Fsp3) is 0.357. The van der Waals surface area contributed by atoms with Crippen LogP contribution in [0.3, 0.4) is 0 Å². The van der Waals surface area contributed by atoms with Crippen molar-refractivity contribution in [3.05, 3.63) is 48.0 Å². The van der Waals surface area contributed by atoms with Crippen molar-refractivity contribution in [3.8, 4) is 0 Å². The largest absolute Gasteiger partial charge is 0.354 e. The molecule has 2 rings (SSSR count). The van der Waals surface area contributed by atoms with E-state index >= 15 is 0 Å². The molecule has 0 aliphatic rings. The summed E-state index contributed by atoms with van der Waals surface area (Å²) in [4.78, 5) is 16.3. The summed E-state index contributed by atoms with van der Waals surface area (Å²) in [5.74, 6) is 0.492. The zero-order valence-electron chi connectivity index (χ0n) is 12.1. The Kier molecular flexibility index (Phi) is 5.87. The molecule has 1 heterocycles. The molecule has 0 saturated carbocycles. The molecular formula is C14H20ClN5O. The summed E-state index contributed by atoms with van der Waals surface area (Å²) >= 11 is 0. The average Bonchev–Trinajstić information content (AvgIpc) is 2.85. The van der Waals surface area contributed by atoms with Crippen LogP contribution in [0, 0.1) is 0 Å². The summed E-state index contributed by atoms with van der Waals surface area (Å²) in [5, 5.41) is 6.98. The molecule has 7 heteroatoms. The van der Waals surface area contributed by atoms with E-state index in [0.717, 1.165) is 5.56 Å². The summed E-state index contributed by atoms with van der Waals surface area (Å²) < 4.78 is 1.63. The minimum Gasteiger partial charge on any atom is -0.354 e. The van der Waals surface area contributed by atoms with Gasteiger partial charge in [-0.2, -0.15) is 5.10 Å². The maximum absolute atomic E-state index is 12.2. The van der Waals surface area contributed by atoms with Crippen LogP contribution in [0.25, 0.3) is 0 Å². The number of carbonyl (C=O) groups excluding carboxylic acids is 1. The van der Waals surface area contributed by atoms with Crippen LogP contribution in [0.1, 0.15) is 18.3 Å². The van der Waals surface area contributed by atoms with Crippen molar-refractivity contribution in [2.45, 2.75) is 18.9 Å². The lowest BCUT2D eigenvalue weighted by Gasteiger charge is -2.23. The van der Waals surface area contributed by atoms with E-state index in [0.29, 0.717) is 18.8 Å². The Morgan fingerprint density at radius 1 is 1.38 bits per heavy atom. The van der Waals surface area contributed by atoms with Gasteiger partial charge in [-0.25, -0.2) is 4.98 Å². The topological polar surface area (TPSA) is 85.8 Å². The number of amides is 1. The molecule has 1 unspecified atom stereocenters. The first-order chi connectivity index (χ1) is 9.50. The fourth-order valence-electron chi connectivity index (χ4n) is 1.89. The number of rotatable bonds is 5. The lowest BCUT2D eigenvalue weighted by atomic mass is 9.92. The van der Waals surface area contributed by atoms with Crippen LogP contribution in [-0.2, 0) is 23.8 Å². The number of hydrogen-bond acceptors (Lipinski definition) is 4. The quantitative estimate of drug-likeness (QED) is 0.854. The Balaban J connectivity index is 0.00000220. The molecule has 0 fully saturated rings. The van der Waals surface area contributed by atoms with Gasteiger partial charge in [-0.05, 0) is 12.5 Å². The van der Waals surface area contributed by atoms with Gasteiger partial charge < -0.3 is 11.1 Å². The molecule has 0 bridgehead atoms. The second-order valence-electron chi connectivity index (χ2n) is 4.91. The molecule has 6 nitrogen and oxygen atoms in total. The molecule has 0 aliphatic carbocycles. The van der Waals surface area contributed by atoms with Crippen LogP contribution in [0.4, 0.5) is 0 Å². The molecule has 3 N–H and O–H groups in total. The number of nitrogens with zero attached hydrogens (tertiary/aromatic N) is 3. The highest BCUT2D eigenvalue weighted by Crippen LogP contribution is 2.17. The third-order valence-electron chi connectivity index (χ3n) is 3.13. The summed E-state index contributed by atoms with van der Waals surface area (Å²) in [7, 11) is 1.81. The smallest absolute Gasteiger partial charge is 0.244 e. The third kappa shape index (κ3) is 4.27. The van der Waals surface area contributed by atoms with Crippen LogP contribution in [0.5, 0.6) is 0 Å². The summed E-state index contributed by atoms with van der Waals surface area (Å²) in [6, 6.07) is 9.32. The highest BCUT2D eigenvalue weighted by atomic mass is 35.5. The van der Waals surface area contributed by atoms with Gasteiger partial charge in [-0.1, -0.05) is 30.3 Å². The van der Waals surface area contributed by atoms with E-state index in [9.17, 15) is 4.79 Å². The number of halogens is 1. The van der Waals surface area contributed by atoms with Gasteiger partial charge in [0.05, 0.1) is 0 Å². The first kappa shape index (κ1) is 17.1. The van der Waals surface area contributed by atoms with Gasteiger partial charge >= 0.3 is 0 Å². The van der Waals surface area contributed by atoms with E-state index in [1.807, 2.05) is 30.3 Å². The van der Waals surface area contributed by atoms with E-state index in [-0.39, 0.29) is 18.3 Å². The molecule has 2 aromatic rings. The molecule has 114 valence electrons. The van der Waals surface area contributed by atoms with Crippen molar-refractivity contribution in [3.63, 3.8) is 0 Å². The summed E-state index contributed by atoms with van der Waals surface area (Å²) in [5.41, 5.74) is 5.86. The number of nitrogens with one attached hydrogen (secondary N) is 1. The van der Waals surface area contributed by atoms with Crippen molar-refractivity contribution in [2.75, 3.05) is 6.54 Å². The Bertz CT molecular complexity index is 582. The van der Waals surface area contributed by atoms with E-state index in [4.69, 9.17) is 5.73 Å². The Morgan fingerprint density at radius 2 is 2.05 bits per heavy atom. The molecule has 1 aromatic carbocycles. The number of aryl methyl sites for hydroxylation is 1. The van der Waals surface area contributed by atoms with Gasteiger partial charge in [0.15, 0.2) is 5.82 Å². The lowest BCUT2D eigenvalue weighted by molar-refractivity contribution is -0.126. The fourth-order valence-corrected chi connectivity index (χ4v) is 1.89. The van der Waals surface area contributed by atoms with Gasteiger partial charge in [-0.15, -0.1) is 12.4 Å². The van der Waals surface area contributed by atoms with E-state index in [1.54, 1.807) is 25.0 Å². The second-order valence-corrected chi connectivity index (χ2v) is 4.91. The number of benzene rings is 1. The third-order valence-corrected chi connectivity index (χ3v) is 3.13. The molecule has 1 amide bonds. The summed E-state index contributed by atoms with van der Waals surface area (Å²) in [6.07, 6.45) is 2.21. The monoisotopic (exact) mass is 309 g/mol. The molecule has 0 spiro atoms. The SMILES string of the molecule is Cl.Cn1cnc(CCNC(=O)C(C)(N)c2ccccc2)n1. The van der Waals surface area contributed by atoms with Crippen molar-refractivity contribution in [1.82, 2.24) is 20.1 Å². The van der Waals surface area contributed by atoms with Gasteiger partial charge in [0.25, 0.3) is 0 Å². The van der Waals surface area contributed by atoms with E-state index < -0.39 is 5.54 Å². The van der Waals surface area contributed by atoms with Crippen molar-refractivity contribution >= 4 is 18.3 Å². The predicted octanol–water partition coefficient (Wildman–Crippen LogP) is 0.770. The van der Waals surface area contributed by atoms with Gasteiger partial charge in [0.2, 0.25) is 5.91 Å². The lowest BCUT2D eigenvalue weighted by Crippen LogP contribution is -2.49. The van der Waals surface area contributed by atoms with Crippen LogP contribution in [0.2, 0.25) is 0 Å². The molecule has 1 aromatic heterocycles. The average molecular weight is 310 g/mol. The van der Waals surface area contributed by atoms with Crippen LogP contribution < -0.4 is 11.1 Å². The van der Waals surface area contributed by atoms with Crippen LogP contribution in [0.15, 0.2) is 36.7 Å². The minimum atomic E-state index is -1.04. The predicted molar refractivity (Wildman–Crippen MR) is 82.9 cm³/mol. The maximum atomic E-state index is 12.2. The molecule has 0 saturated heterocycles. The molecule has 1 atom stereocenters. The standard InChI is InChI=1S/C14H19N5O.ClH/c1-14(15,11-6-4-3-5-7-11)13(20)16-9-8-12-17-10-19(2)18-12;/h3-7,10H,8-9,15H2,1-2H3,(H,16,20);1H. The number of carbonyl (C=O) groups is 1. The highest BCUT2D eigenvalue weighted by molar-refractivity contribution is 5.87. The molecule has 0 radical (unpaired) electrons. The molecule has 0 aliphatic heterocycles. The minimum absolute atomic E-state index is 0. The first-order valence-electron chi connectivity index (χ1n) is 6.47. The second kappa shape index (κ2) is 7.19. The van der Waals surface area contributed by atoms with Crippen molar-refractivity contribution in [1.29, 1.82) is 0 Å². The van der Waals surface area contributed by atoms with Crippen molar-refractivity contribution < 1.29 is 4.79 Å². The Morgan fingerprint density at radius 3 is 2.62 bits per heavy atom. The van der Waals surface area contributed by atoms with Crippen molar-refractivity contribution in [2.24, 2.45) is 12.8 Å². The van der Waals surface area contributed by atoms with E-state index in [2.05, 4.69) is 15.4 Å². The van der Waals surface area contributed by atoms with Crippen LogP contribution in [-0.4, -0.2) is 27.2 Å². The van der Waals surface area contributed by atoms with Gasteiger partial charge in [0, 0.05) is 20.0 Å². The number of aromatic nitrogens is 3. The number of hydrogen-bond donors (Lipinski definition) is 2. The number of nitrogens with two attached hydrogens (primary N) is 1. The zero-order valence-corrected chi connectivity index (χ0v) is 12.9. The van der Waals surface area contributed by atoms with Gasteiger partial charge in [0.1, 0.15) is 11.9 Å². The van der Waals surface area contributed by atoms with Crippen LogP contribution >= 0.6 is 12.4 Å².